The van der Waals surface area contributed by atoms with Crippen molar-refractivity contribution in [1.82, 2.24) is 19.1 Å². The monoisotopic (exact) mass is 378 g/mol. The molecule has 0 aliphatic carbocycles. The summed E-state index contributed by atoms with van der Waals surface area (Å²) in [7, 11) is 0. The van der Waals surface area contributed by atoms with Crippen molar-refractivity contribution >= 4 is 22.1 Å². The van der Waals surface area contributed by atoms with E-state index in [0.29, 0.717) is 13.1 Å². The van der Waals surface area contributed by atoms with Crippen LogP contribution in [0.15, 0.2) is 48.5 Å². The van der Waals surface area contributed by atoms with Gasteiger partial charge < -0.3 is 19.3 Å². The molecule has 0 amide bonds. The molecule has 0 saturated carbocycles. The van der Waals surface area contributed by atoms with E-state index >= 15 is 0 Å². The van der Waals surface area contributed by atoms with Gasteiger partial charge in [-0.1, -0.05) is 24.3 Å². The lowest BCUT2D eigenvalue weighted by molar-refractivity contribution is 0.275. The van der Waals surface area contributed by atoms with Gasteiger partial charge in [0.1, 0.15) is 11.6 Å². The van der Waals surface area contributed by atoms with Crippen LogP contribution in [-0.4, -0.2) is 42.5 Å². The summed E-state index contributed by atoms with van der Waals surface area (Å²) < 4.78 is 4.24. The lowest BCUT2D eigenvalue weighted by Gasteiger charge is -2.09. The second-order valence-electron chi connectivity index (χ2n) is 6.99. The number of nitrogens with zero attached hydrogens (tertiary/aromatic N) is 4. The van der Waals surface area contributed by atoms with Gasteiger partial charge in [0.25, 0.3) is 0 Å². The normalized spacial score (nSPS) is 11.6. The van der Waals surface area contributed by atoms with E-state index in [9.17, 15) is 10.2 Å². The zero-order valence-corrected chi connectivity index (χ0v) is 16.0. The van der Waals surface area contributed by atoms with Crippen LogP contribution in [0.25, 0.3) is 22.1 Å². The SMILES string of the molecule is OCCn1c(CCCCc2nc3ccccc3n2CCO)nc2ccccc21. The van der Waals surface area contributed by atoms with E-state index in [1.54, 1.807) is 0 Å². The molecule has 6 nitrogen and oxygen atoms in total. The van der Waals surface area contributed by atoms with E-state index in [1.165, 1.54) is 0 Å². The first-order chi connectivity index (χ1) is 13.8. The average Bonchev–Trinajstić information content (AvgIpc) is 3.25. The molecule has 2 N–H and O–H groups in total. The molecule has 0 spiro atoms. The Bertz CT molecular complexity index is 981. The van der Waals surface area contributed by atoms with E-state index in [1.807, 2.05) is 36.4 Å². The number of aliphatic hydroxyl groups is 2. The number of unbranched alkanes of at least 4 members (excludes halogenated alkanes) is 1. The van der Waals surface area contributed by atoms with E-state index in [4.69, 9.17) is 9.97 Å². The minimum Gasteiger partial charge on any atom is -0.395 e. The van der Waals surface area contributed by atoms with Crippen molar-refractivity contribution in [1.29, 1.82) is 0 Å². The number of benzene rings is 2. The van der Waals surface area contributed by atoms with Gasteiger partial charge in [-0.25, -0.2) is 9.97 Å². The first-order valence-electron chi connectivity index (χ1n) is 9.92. The van der Waals surface area contributed by atoms with Crippen LogP contribution in [0.2, 0.25) is 0 Å². The highest BCUT2D eigenvalue weighted by molar-refractivity contribution is 5.76. The van der Waals surface area contributed by atoms with E-state index in [-0.39, 0.29) is 13.2 Å². The van der Waals surface area contributed by atoms with Crippen LogP contribution in [0.5, 0.6) is 0 Å². The molecule has 28 heavy (non-hydrogen) atoms. The molecule has 2 aromatic heterocycles. The number of hydrogen-bond donors (Lipinski definition) is 2. The summed E-state index contributed by atoms with van der Waals surface area (Å²) in [5.41, 5.74) is 4.12. The van der Waals surface area contributed by atoms with Crippen molar-refractivity contribution in [3.05, 3.63) is 60.2 Å². The van der Waals surface area contributed by atoms with Crippen LogP contribution in [0.4, 0.5) is 0 Å². The van der Waals surface area contributed by atoms with E-state index in [2.05, 4.69) is 21.3 Å². The molecule has 0 fully saturated rings. The Balaban J connectivity index is 1.45. The Kier molecular flexibility index (Phi) is 5.69. The van der Waals surface area contributed by atoms with Crippen molar-refractivity contribution in [2.75, 3.05) is 13.2 Å². The van der Waals surface area contributed by atoms with Crippen LogP contribution >= 0.6 is 0 Å². The van der Waals surface area contributed by atoms with Gasteiger partial charge in [0.2, 0.25) is 0 Å². The Hall–Kier alpha value is -2.70. The minimum absolute atomic E-state index is 0.110. The first-order valence-corrected chi connectivity index (χ1v) is 9.92. The fourth-order valence-electron chi connectivity index (χ4n) is 3.90. The number of para-hydroxylation sites is 4. The number of fused-ring (bicyclic) bond motifs is 2. The lowest BCUT2D eigenvalue weighted by Crippen LogP contribution is -2.08. The van der Waals surface area contributed by atoms with Gasteiger partial charge in [0.05, 0.1) is 35.3 Å². The van der Waals surface area contributed by atoms with E-state index < -0.39 is 0 Å². The maximum atomic E-state index is 9.41. The molecule has 2 aromatic carbocycles. The zero-order valence-electron chi connectivity index (χ0n) is 16.0. The number of aliphatic hydroxyl groups excluding tert-OH is 2. The Morgan fingerprint density at radius 2 is 1.07 bits per heavy atom. The average molecular weight is 378 g/mol. The predicted molar refractivity (Wildman–Crippen MR) is 110 cm³/mol. The van der Waals surface area contributed by atoms with Gasteiger partial charge in [-0.15, -0.1) is 0 Å². The first kappa shape index (κ1) is 18.7. The van der Waals surface area contributed by atoms with Crippen LogP contribution in [0.3, 0.4) is 0 Å². The van der Waals surface area contributed by atoms with Crippen molar-refractivity contribution < 1.29 is 10.2 Å². The highest BCUT2D eigenvalue weighted by Gasteiger charge is 2.12. The second kappa shape index (κ2) is 8.54. The fourth-order valence-corrected chi connectivity index (χ4v) is 3.90. The van der Waals surface area contributed by atoms with Gasteiger partial charge in [-0.3, -0.25) is 0 Å². The molecule has 6 heteroatoms. The summed E-state index contributed by atoms with van der Waals surface area (Å²) in [6.07, 6.45) is 3.73. The molecule has 0 aliphatic rings. The van der Waals surface area contributed by atoms with Crippen molar-refractivity contribution in [2.45, 2.75) is 38.8 Å². The maximum Gasteiger partial charge on any atom is 0.109 e. The largest absolute Gasteiger partial charge is 0.395 e. The van der Waals surface area contributed by atoms with Gasteiger partial charge in [-0.05, 0) is 37.1 Å². The van der Waals surface area contributed by atoms with Crippen LogP contribution < -0.4 is 0 Å². The summed E-state index contributed by atoms with van der Waals surface area (Å²) in [6, 6.07) is 16.1. The summed E-state index contributed by atoms with van der Waals surface area (Å²) in [5, 5.41) is 18.8. The molecule has 0 saturated heterocycles. The highest BCUT2D eigenvalue weighted by atomic mass is 16.3. The molecule has 0 radical (unpaired) electrons. The third kappa shape index (κ3) is 3.66. The predicted octanol–water partition coefficient (Wildman–Crippen LogP) is 2.94. The molecular weight excluding hydrogens is 352 g/mol. The molecular formula is C22H26N4O2. The standard InChI is InChI=1S/C22H26N4O2/c27-15-13-25-19-9-3-1-7-17(19)23-21(25)11-5-6-12-22-24-18-8-2-4-10-20(18)26(22)14-16-28/h1-4,7-10,27-28H,5-6,11-16H2. The van der Waals surface area contributed by atoms with Crippen LogP contribution in [-0.2, 0) is 25.9 Å². The molecule has 2 heterocycles. The number of aromatic nitrogens is 4. The van der Waals surface area contributed by atoms with Crippen LogP contribution in [0, 0.1) is 0 Å². The number of imidazole rings is 2. The molecule has 4 aromatic rings. The van der Waals surface area contributed by atoms with Gasteiger partial charge >= 0.3 is 0 Å². The number of rotatable bonds is 9. The quantitative estimate of drug-likeness (QED) is 0.439. The third-order valence-corrected chi connectivity index (χ3v) is 5.17. The Morgan fingerprint density at radius 1 is 0.643 bits per heavy atom. The summed E-state index contributed by atoms with van der Waals surface area (Å²) >= 11 is 0. The van der Waals surface area contributed by atoms with Crippen molar-refractivity contribution in [3.63, 3.8) is 0 Å². The highest BCUT2D eigenvalue weighted by Crippen LogP contribution is 2.20. The topological polar surface area (TPSA) is 76.1 Å². The van der Waals surface area contributed by atoms with Gasteiger partial charge in [-0.2, -0.15) is 0 Å². The molecule has 146 valence electrons. The minimum atomic E-state index is 0.110. The zero-order chi connectivity index (χ0) is 19.3. The van der Waals surface area contributed by atoms with Crippen molar-refractivity contribution in [2.24, 2.45) is 0 Å². The molecule has 0 unspecified atom stereocenters. The van der Waals surface area contributed by atoms with Gasteiger partial charge in [0, 0.05) is 25.9 Å². The molecule has 0 atom stereocenters. The van der Waals surface area contributed by atoms with Gasteiger partial charge in [0.15, 0.2) is 0 Å². The Labute approximate surface area is 164 Å². The molecule has 4 rings (SSSR count). The fraction of sp³-hybridized carbons (Fsp3) is 0.364. The smallest absolute Gasteiger partial charge is 0.109 e. The lowest BCUT2D eigenvalue weighted by atomic mass is 10.2. The number of aryl methyl sites for hydroxylation is 2. The van der Waals surface area contributed by atoms with Crippen molar-refractivity contribution in [3.8, 4) is 0 Å². The maximum absolute atomic E-state index is 9.41. The summed E-state index contributed by atoms with van der Waals surface area (Å²) in [5.74, 6) is 2.05. The molecule has 0 aliphatic heterocycles. The number of hydrogen-bond acceptors (Lipinski definition) is 4. The molecule has 0 bridgehead atoms. The summed E-state index contributed by atoms with van der Waals surface area (Å²) in [6.45, 7) is 1.36. The van der Waals surface area contributed by atoms with E-state index in [0.717, 1.165) is 59.4 Å². The Morgan fingerprint density at radius 3 is 1.50 bits per heavy atom. The second-order valence-corrected chi connectivity index (χ2v) is 6.99. The summed E-state index contributed by atoms with van der Waals surface area (Å²) in [4.78, 5) is 9.51. The third-order valence-electron chi connectivity index (χ3n) is 5.17. The van der Waals surface area contributed by atoms with Crippen LogP contribution in [0.1, 0.15) is 24.5 Å².